The number of nitrogens with zero attached hydrogens (tertiary/aromatic N) is 1. The molecule has 0 radical (unpaired) electrons. The molecule has 1 amide bonds. The highest BCUT2D eigenvalue weighted by atomic mass is 16.4. The molecule has 0 atom stereocenters. The summed E-state index contributed by atoms with van der Waals surface area (Å²) in [6.45, 7) is 0. The van der Waals surface area contributed by atoms with Crippen molar-refractivity contribution in [3.8, 4) is 11.1 Å². The second-order valence-corrected chi connectivity index (χ2v) is 4.93. The fourth-order valence-electron chi connectivity index (χ4n) is 2.25. The molecule has 23 heavy (non-hydrogen) atoms. The first-order chi connectivity index (χ1) is 11.2. The number of hydrogen-bond acceptors (Lipinski definition) is 3. The quantitative estimate of drug-likeness (QED) is 0.659. The van der Waals surface area contributed by atoms with Crippen molar-refractivity contribution in [2.45, 2.75) is 0 Å². The average molecular weight is 305 g/mol. The van der Waals surface area contributed by atoms with E-state index in [0.717, 1.165) is 22.5 Å². The lowest BCUT2D eigenvalue weighted by Gasteiger charge is -2.09. The number of nitrogens with one attached hydrogen (secondary N) is 2. The van der Waals surface area contributed by atoms with Crippen LogP contribution in [0.4, 0.5) is 22.0 Å². The molecule has 0 saturated heterocycles. The fraction of sp³-hybridized carbons (Fsp3) is 0. The molecule has 0 fully saturated rings. The van der Waals surface area contributed by atoms with Gasteiger partial charge < -0.3 is 10.4 Å². The Morgan fingerprint density at radius 3 is 2.39 bits per heavy atom. The van der Waals surface area contributed by atoms with Crippen LogP contribution < -0.4 is 10.6 Å². The largest absolute Gasteiger partial charge is 0.465 e. The van der Waals surface area contributed by atoms with Crippen molar-refractivity contribution < 1.29 is 9.90 Å². The molecule has 0 aliphatic heterocycles. The molecule has 5 heteroatoms. The predicted octanol–water partition coefficient (Wildman–Crippen LogP) is 4.58. The highest BCUT2D eigenvalue weighted by Gasteiger charge is 2.04. The van der Waals surface area contributed by atoms with Gasteiger partial charge in [-0.3, -0.25) is 5.32 Å². The summed E-state index contributed by atoms with van der Waals surface area (Å²) in [4.78, 5) is 14.7. The third-order valence-corrected chi connectivity index (χ3v) is 3.25. The van der Waals surface area contributed by atoms with E-state index in [9.17, 15) is 4.79 Å². The molecule has 0 saturated carbocycles. The zero-order chi connectivity index (χ0) is 16.1. The van der Waals surface area contributed by atoms with Gasteiger partial charge in [-0.1, -0.05) is 30.3 Å². The molecule has 0 aliphatic carbocycles. The molecule has 0 spiro atoms. The summed E-state index contributed by atoms with van der Waals surface area (Å²) in [7, 11) is 0. The summed E-state index contributed by atoms with van der Waals surface area (Å²) in [5.41, 5.74) is 3.83. The molecule has 0 bridgehead atoms. The molecule has 1 heterocycles. The molecule has 0 aliphatic rings. The average Bonchev–Trinajstić information content (AvgIpc) is 2.56. The van der Waals surface area contributed by atoms with E-state index < -0.39 is 6.09 Å². The summed E-state index contributed by atoms with van der Waals surface area (Å²) in [5, 5.41) is 14.4. The number of rotatable bonds is 4. The van der Waals surface area contributed by atoms with E-state index >= 15 is 0 Å². The first kappa shape index (κ1) is 14.6. The van der Waals surface area contributed by atoms with Gasteiger partial charge in [-0.2, -0.15) is 0 Å². The Balaban J connectivity index is 1.86. The van der Waals surface area contributed by atoms with E-state index in [-0.39, 0.29) is 0 Å². The maximum atomic E-state index is 10.7. The SMILES string of the molecule is O=C(O)Nc1cc(-c2cccc(Nc3ccccc3)c2)ccn1. The minimum atomic E-state index is -1.13. The minimum absolute atomic E-state index is 0.302. The van der Waals surface area contributed by atoms with Crippen LogP contribution in [0.15, 0.2) is 72.9 Å². The molecule has 3 N–H and O–H groups in total. The third kappa shape index (κ3) is 3.85. The number of carboxylic acid groups (broad SMARTS) is 1. The van der Waals surface area contributed by atoms with E-state index in [1.165, 1.54) is 0 Å². The second-order valence-electron chi connectivity index (χ2n) is 4.93. The Morgan fingerprint density at radius 1 is 0.870 bits per heavy atom. The zero-order valence-electron chi connectivity index (χ0n) is 12.2. The van der Waals surface area contributed by atoms with Crippen LogP contribution in [0.2, 0.25) is 0 Å². The molecule has 5 nitrogen and oxygen atoms in total. The highest BCUT2D eigenvalue weighted by Crippen LogP contribution is 2.25. The summed E-state index contributed by atoms with van der Waals surface area (Å²) in [5.74, 6) is 0.302. The maximum Gasteiger partial charge on any atom is 0.410 e. The topological polar surface area (TPSA) is 74.2 Å². The van der Waals surface area contributed by atoms with Gasteiger partial charge in [-0.15, -0.1) is 0 Å². The first-order valence-corrected chi connectivity index (χ1v) is 7.09. The van der Waals surface area contributed by atoms with E-state index in [1.54, 1.807) is 12.3 Å². The van der Waals surface area contributed by atoms with Crippen LogP contribution in [0.1, 0.15) is 0 Å². The molecule has 114 valence electrons. The van der Waals surface area contributed by atoms with Crippen LogP contribution in [0.3, 0.4) is 0 Å². The van der Waals surface area contributed by atoms with Crippen LogP contribution in [0.5, 0.6) is 0 Å². The number of amides is 1. The Kier molecular flexibility index (Phi) is 4.20. The smallest absolute Gasteiger partial charge is 0.410 e. The summed E-state index contributed by atoms with van der Waals surface area (Å²) >= 11 is 0. The Hall–Kier alpha value is -3.34. The Bertz CT molecular complexity index is 819. The van der Waals surface area contributed by atoms with Gasteiger partial charge in [0, 0.05) is 17.6 Å². The van der Waals surface area contributed by atoms with E-state index in [4.69, 9.17) is 5.11 Å². The number of carbonyl (C=O) groups is 1. The zero-order valence-corrected chi connectivity index (χ0v) is 12.2. The van der Waals surface area contributed by atoms with Crippen LogP contribution in [0.25, 0.3) is 11.1 Å². The van der Waals surface area contributed by atoms with Crippen molar-refractivity contribution in [2.75, 3.05) is 10.6 Å². The van der Waals surface area contributed by atoms with Gasteiger partial charge in [-0.05, 0) is 47.5 Å². The van der Waals surface area contributed by atoms with Crippen molar-refractivity contribution in [1.82, 2.24) is 4.98 Å². The lowest BCUT2D eigenvalue weighted by molar-refractivity contribution is 0.209. The number of benzene rings is 2. The summed E-state index contributed by atoms with van der Waals surface area (Å²) < 4.78 is 0. The highest BCUT2D eigenvalue weighted by molar-refractivity contribution is 5.83. The van der Waals surface area contributed by atoms with E-state index in [1.807, 2.05) is 60.7 Å². The normalized spacial score (nSPS) is 10.1. The van der Waals surface area contributed by atoms with Crippen LogP contribution in [0, 0.1) is 0 Å². The van der Waals surface area contributed by atoms with Gasteiger partial charge in [0.2, 0.25) is 0 Å². The monoisotopic (exact) mass is 305 g/mol. The van der Waals surface area contributed by atoms with Crippen molar-refractivity contribution >= 4 is 23.3 Å². The standard InChI is InChI=1S/C18H15N3O2/c22-18(23)21-17-12-14(9-10-19-17)13-5-4-8-16(11-13)20-15-6-2-1-3-7-15/h1-12,20H,(H,19,21)(H,22,23). The summed E-state index contributed by atoms with van der Waals surface area (Å²) in [6.07, 6.45) is 0.451. The molecular weight excluding hydrogens is 290 g/mol. The summed E-state index contributed by atoms with van der Waals surface area (Å²) in [6, 6.07) is 21.3. The molecule has 2 aromatic carbocycles. The molecular formula is C18H15N3O2. The van der Waals surface area contributed by atoms with Crippen LogP contribution in [-0.2, 0) is 0 Å². The van der Waals surface area contributed by atoms with E-state index in [0.29, 0.717) is 5.82 Å². The fourth-order valence-corrected chi connectivity index (χ4v) is 2.25. The number of anilines is 3. The van der Waals surface area contributed by atoms with Crippen LogP contribution in [-0.4, -0.2) is 16.2 Å². The lowest BCUT2D eigenvalue weighted by atomic mass is 10.1. The minimum Gasteiger partial charge on any atom is -0.465 e. The van der Waals surface area contributed by atoms with Crippen molar-refractivity contribution in [1.29, 1.82) is 0 Å². The molecule has 0 unspecified atom stereocenters. The third-order valence-electron chi connectivity index (χ3n) is 3.25. The van der Waals surface area contributed by atoms with Gasteiger partial charge >= 0.3 is 6.09 Å². The van der Waals surface area contributed by atoms with Crippen molar-refractivity contribution in [2.24, 2.45) is 0 Å². The van der Waals surface area contributed by atoms with Gasteiger partial charge in [0.05, 0.1) is 0 Å². The number of hydrogen-bond donors (Lipinski definition) is 3. The number of pyridine rings is 1. The maximum absolute atomic E-state index is 10.7. The van der Waals surface area contributed by atoms with Gasteiger partial charge in [-0.25, -0.2) is 9.78 Å². The van der Waals surface area contributed by atoms with Gasteiger partial charge in [0.1, 0.15) is 5.82 Å². The van der Waals surface area contributed by atoms with Crippen LogP contribution >= 0.6 is 0 Å². The Morgan fingerprint density at radius 2 is 1.61 bits per heavy atom. The number of aromatic nitrogens is 1. The lowest BCUT2D eigenvalue weighted by Crippen LogP contribution is -2.08. The molecule has 1 aromatic heterocycles. The first-order valence-electron chi connectivity index (χ1n) is 7.09. The molecule has 3 rings (SSSR count). The molecule has 3 aromatic rings. The Labute approximate surface area is 133 Å². The van der Waals surface area contributed by atoms with Crippen molar-refractivity contribution in [3.05, 3.63) is 72.9 Å². The second kappa shape index (κ2) is 6.62. The van der Waals surface area contributed by atoms with Crippen molar-refractivity contribution in [3.63, 3.8) is 0 Å². The predicted molar refractivity (Wildman–Crippen MR) is 91.0 cm³/mol. The van der Waals surface area contributed by atoms with Gasteiger partial charge in [0.15, 0.2) is 0 Å². The van der Waals surface area contributed by atoms with E-state index in [2.05, 4.69) is 15.6 Å². The number of para-hydroxylation sites is 1. The van der Waals surface area contributed by atoms with Gasteiger partial charge in [0.25, 0.3) is 0 Å².